The second kappa shape index (κ2) is 8.72. The predicted molar refractivity (Wildman–Crippen MR) is 122 cm³/mol. The van der Waals surface area contributed by atoms with E-state index in [1.807, 2.05) is 32.0 Å². The molecule has 3 aromatic rings. The van der Waals surface area contributed by atoms with Gasteiger partial charge in [0, 0.05) is 22.3 Å². The van der Waals surface area contributed by atoms with Crippen molar-refractivity contribution in [2.24, 2.45) is 0 Å². The Bertz CT molecular complexity index is 1240. The first kappa shape index (κ1) is 21.4. The van der Waals surface area contributed by atoms with Gasteiger partial charge < -0.3 is 15.1 Å². The Labute approximate surface area is 189 Å². The number of furan rings is 1. The molecule has 4 rings (SSSR count). The third-order valence-corrected chi connectivity index (χ3v) is 5.21. The number of rotatable bonds is 5. The van der Waals surface area contributed by atoms with Crippen LogP contribution in [0.3, 0.4) is 0 Å². The van der Waals surface area contributed by atoms with E-state index in [2.05, 4.69) is 10.6 Å². The number of hydrogen-bond acceptors (Lipinski definition) is 4. The van der Waals surface area contributed by atoms with Crippen molar-refractivity contribution in [2.75, 3.05) is 11.9 Å². The number of imide groups is 1. The molecule has 1 saturated heterocycles. The van der Waals surface area contributed by atoms with Crippen LogP contribution in [0.15, 0.2) is 64.7 Å². The van der Waals surface area contributed by atoms with E-state index in [-0.39, 0.29) is 5.70 Å². The number of carbonyl (C=O) groups is 3. The van der Waals surface area contributed by atoms with E-state index in [4.69, 9.17) is 16.0 Å². The number of halogens is 1. The van der Waals surface area contributed by atoms with Gasteiger partial charge in [0.15, 0.2) is 0 Å². The summed E-state index contributed by atoms with van der Waals surface area (Å²) in [6.45, 7) is 3.47. The quantitative estimate of drug-likeness (QED) is 0.434. The summed E-state index contributed by atoms with van der Waals surface area (Å²) in [5.41, 5.74) is 3.49. The molecule has 162 valence electrons. The number of benzene rings is 2. The first-order valence-electron chi connectivity index (χ1n) is 9.87. The molecule has 0 saturated carbocycles. The molecule has 1 aromatic heterocycles. The molecule has 0 spiro atoms. The van der Waals surface area contributed by atoms with Crippen LogP contribution in [0.25, 0.3) is 17.4 Å². The maximum atomic E-state index is 12.7. The molecule has 1 fully saturated rings. The number of urea groups is 1. The monoisotopic (exact) mass is 449 g/mol. The van der Waals surface area contributed by atoms with Crippen molar-refractivity contribution in [1.29, 1.82) is 0 Å². The molecule has 1 aliphatic rings. The summed E-state index contributed by atoms with van der Waals surface area (Å²) in [7, 11) is 0. The molecule has 0 unspecified atom stereocenters. The van der Waals surface area contributed by atoms with Crippen LogP contribution in [0.4, 0.5) is 10.5 Å². The van der Waals surface area contributed by atoms with E-state index >= 15 is 0 Å². The summed E-state index contributed by atoms with van der Waals surface area (Å²) < 4.78 is 5.82. The molecule has 4 amide bonds. The minimum Gasteiger partial charge on any atom is -0.457 e. The largest absolute Gasteiger partial charge is 0.457 e. The fourth-order valence-electron chi connectivity index (χ4n) is 3.27. The Kier molecular flexibility index (Phi) is 5.83. The van der Waals surface area contributed by atoms with Crippen molar-refractivity contribution in [1.82, 2.24) is 10.2 Å². The average Bonchev–Trinajstić information content (AvgIpc) is 3.32. The van der Waals surface area contributed by atoms with E-state index in [0.717, 1.165) is 21.6 Å². The first-order chi connectivity index (χ1) is 15.3. The molecule has 0 aliphatic carbocycles. The highest BCUT2D eigenvalue weighted by Crippen LogP contribution is 2.29. The van der Waals surface area contributed by atoms with E-state index in [1.54, 1.807) is 36.4 Å². The SMILES string of the molecule is Cc1ccc(NC(=O)CN2C(=O)N/C(=C/c3ccc(-c4cc(Cl)ccc4C)o3)C2=O)cc1. The predicted octanol–water partition coefficient (Wildman–Crippen LogP) is 4.75. The first-order valence-corrected chi connectivity index (χ1v) is 10.3. The topological polar surface area (TPSA) is 91.7 Å². The van der Waals surface area contributed by atoms with Gasteiger partial charge in [0.2, 0.25) is 5.91 Å². The minimum absolute atomic E-state index is 0.0295. The average molecular weight is 450 g/mol. The Morgan fingerprint density at radius 2 is 1.84 bits per heavy atom. The van der Waals surface area contributed by atoms with Crippen LogP contribution in [-0.2, 0) is 9.59 Å². The Hall–Kier alpha value is -3.84. The van der Waals surface area contributed by atoms with E-state index < -0.39 is 24.4 Å². The van der Waals surface area contributed by atoms with Crippen LogP contribution in [0.2, 0.25) is 5.02 Å². The highest BCUT2D eigenvalue weighted by atomic mass is 35.5. The molecule has 2 heterocycles. The molecule has 32 heavy (non-hydrogen) atoms. The smallest absolute Gasteiger partial charge is 0.329 e. The summed E-state index contributed by atoms with van der Waals surface area (Å²) in [6, 6.07) is 15.5. The third kappa shape index (κ3) is 4.58. The van der Waals surface area contributed by atoms with Crippen LogP contribution in [-0.4, -0.2) is 29.3 Å². The fourth-order valence-corrected chi connectivity index (χ4v) is 3.45. The zero-order valence-corrected chi connectivity index (χ0v) is 18.2. The van der Waals surface area contributed by atoms with Crippen molar-refractivity contribution in [3.63, 3.8) is 0 Å². The minimum atomic E-state index is -0.669. The molecular weight excluding hydrogens is 430 g/mol. The number of amides is 4. The standard InChI is InChI=1S/C24H20ClN3O4/c1-14-3-7-17(8-4-14)26-22(29)13-28-23(30)20(27-24(28)31)12-18-9-10-21(32-18)19-11-16(25)6-5-15(19)2/h3-12H,13H2,1-2H3,(H,26,29)(H,27,31)/b20-12+. The molecule has 0 radical (unpaired) electrons. The maximum absolute atomic E-state index is 12.7. The molecule has 0 bridgehead atoms. The Balaban J connectivity index is 1.46. The number of carbonyl (C=O) groups excluding carboxylic acids is 3. The van der Waals surface area contributed by atoms with Crippen LogP contribution >= 0.6 is 11.6 Å². The second-order valence-electron chi connectivity index (χ2n) is 7.45. The molecule has 8 heteroatoms. The number of nitrogens with zero attached hydrogens (tertiary/aromatic N) is 1. The molecule has 2 N–H and O–H groups in total. The lowest BCUT2D eigenvalue weighted by atomic mass is 10.1. The van der Waals surface area contributed by atoms with Gasteiger partial charge in [0.25, 0.3) is 5.91 Å². The van der Waals surface area contributed by atoms with Crippen molar-refractivity contribution in [2.45, 2.75) is 13.8 Å². The van der Waals surface area contributed by atoms with Gasteiger partial charge in [-0.05, 0) is 55.8 Å². The normalized spacial score (nSPS) is 14.7. The molecule has 7 nitrogen and oxygen atoms in total. The van der Waals surface area contributed by atoms with E-state index in [1.165, 1.54) is 6.08 Å². The zero-order chi connectivity index (χ0) is 22.8. The zero-order valence-electron chi connectivity index (χ0n) is 17.4. The van der Waals surface area contributed by atoms with Crippen molar-refractivity contribution in [3.8, 4) is 11.3 Å². The number of nitrogens with one attached hydrogen (secondary N) is 2. The molecule has 2 aromatic carbocycles. The number of anilines is 1. The van der Waals surface area contributed by atoms with Crippen LogP contribution in [0.5, 0.6) is 0 Å². The number of aryl methyl sites for hydroxylation is 2. The van der Waals surface area contributed by atoms with Crippen molar-refractivity contribution >= 4 is 41.2 Å². The lowest BCUT2D eigenvalue weighted by Crippen LogP contribution is -2.38. The summed E-state index contributed by atoms with van der Waals surface area (Å²) in [6.07, 6.45) is 1.43. The van der Waals surface area contributed by atoms with Crippen LogP contribution < -0.4 is 10.6 Å². The lowest BCUT2D eigenvalue weighted by Gasteiger charge is -2.12. The highest BCUT2D eigenvalue weighted by Gasteiger charge is 2.35. The molecular formula is C24H20ClN3O4. The van der Waals surface area contributed by atoms with Crippen LogP contribution in [0, 0.1) is 13.8 Å². The van der Waals surface area contributed by atoms with Gasteiger partial charge in [0.05, 0.1) is 0 Å². The highest BCUT2D eigenvalue weighted by molar-refractivity contribution is 6.30. The third-order valence-electron chi connectivity index (χ3n) is 4.98. The molecule has 1 aliphatic heterocycles. The maximum Gasteiger partial charge on any atom is 0.329 e. The summed E-state index contributed by atoms with van der Waals surface area (Å²) in [4.78, 5) is 38.1. The summed E-state index contributed by atoms with van der Waals surface area (Å²) in [5.74, 6) is -0.113. The van der Waals surface area contributed by atoms with E-state index in [0.29, 0.717) is 22.2 Å². The van der Waals surface area contributed by atoms with E-state index in [9.17, 15) is 14.4 Å². The summed E-state index contributed by atoms with van der Waals surface area (Å²) in [5, 5.41) is 5.74. The molecule has 0 atom stereocenters. The van der Waals surface area contributed by atoms with Crippen LogP contribution in [0.1, 0.15) is 16.9 Å². The van der Waals surface area contributed by atoms with Crippen molar-refractivity contribution in [3.05, 3.63) is 82.2 Å². The fraction of sp³-hybridized carbons (Fsp3) is 0.125. The van der Waals surface area contributed by atoms with Gasteiger partial charge in [-0.1, -0.05) is 35.4 Å². The second-order valence-corrected chi connectivity index (χ2v) is 7.89. The van der Waals surface area contributed by atoms with Crippen molar-refractivity contribution < 1.29 is 18.8 Å². The van der Waals surface area contributed by atoms with Gasteiger partial charge in [0.1, 0.15) is 23.8 Å². The number of hydrogen-bond donors (Lipinski definition) is 2. The van der Waals surface area contributed by atoms with Gasteiger partial charge in [-0.3, -0.25) is 9.59 Å². The summed E-state index contributed by atoms with van der Waals surface area (Å²) >= 11 is 6.08. The lowest BCUT2D eigenvalue weighted by molar-refractivity contribution is -0.127. The van der Waals surface area contributed by atoms with Gasteiger partial charge in [-0.25, -0.2) is 9.69 Å². The van der Waals surface area contributed by atoms with Gasteiger partial charge in [-0.15, -0.1) is 0 Å². The van der Waals surface area contributed by atoms with Gasteiger partial charge >= 0.3 is 6.03 Å². The Morgan fingerprint density at radius 3 is 2.59 bits per heavy atom. The van der Waals surface area contributed by atoms with Gasteiger partial charge in [-0.2, -0.15) is 0 Å². The Morgan fingerprint density at radius 1 is 1.09 bits per heavy atom.